The predicted octanol–water partition coefficient (Wildman–Crippen LogP) is 2.73. The summed E-state index contributed by atoms with van der Waals surface area (Å²) in [6.45, 7) is 2.26. The summed E-state index contributed by atoms with van der Waals surface area (Å²) in [5, 5.41) is 12.2. The largest absolute Gasteiger partial charge is 0.493 e. The third-order valence-corrected chi connectivity index (χ3v) is 4.18. The van der Waals surface area contributed by atoms with Crippen molar-refractivity contribution in [2.75, 3.05) is 13.7 Å². The van der Waals surface area contributed by atoms with Crippen LogP contribution in [0.1, 0.15) is 36.5 Å². The van der Waals surface area contributed by atoms with Crippen molar-refractivity contribution in [2.24, 2.45) is 5.92 Å². The molecule has 0 radical (unpaired) electrons. The van der Waals surface area contributed by atoms with E-state index < -0.39 is 11.9 Å². The van der Waals surface area contributed by atoms with Crippen molar-refractivity contribution in [3.05, 3.63) is 22.7 Å². The van der Waals surface area contributed by atoms with Gasteiger partial charge in [-0.3, -0.25) is 9.59 Å². The Balaban J connectivity index is 2.11. The summed E-state index contributed by atoms with van der Waals surface area (Å²) >= 11 is 6.15. The number of nitrogens with one attached hydrogen (secondary N) is 1. The molecule has 2 atom stereocenters. The Hall–Kier alpha value is -1.95. The molecule has 7 heteroatoms. The highest BCUT2D eigenvalue weighted by atomic mass is 35.5. The topological polar surface area (TPSA) is 84.9 Å². The van der Waals surface area contributed by atoms with Crippen molar-refractivity contribution >= 4 is 23.5 Å². The first-order valence-electron chi connectivity index (χ1n) is 7.50. The normalized spacial score (nSPS) is 20.1. The number of halogens is 1. The predicted molar refractivity (Wildman–Crippen MR) is 85.4 cm³/mol. The third kappa shape index (κ3) is 4.07. The second-order valence-electron chi connectivity index (χ2n) is 5.44. The molecule has 23 heavy (non-hydrogen) atoms. The van der Waals surface area contributed by atoms with Crippen LogP contribution < -0.4 is 14.8 Å². The van der Waals surface area contributed by atoms with Crippen LogP contribution >= 0.6 is 11.6 Å². The lowest BCUT2D eigenvalue weighted by Gasteiger charge is -2.15. The maximum absolute atomic E-state index is 12.4. The van der Waals surface area contributed by atoms with E-state index >= 15 is 0 Å². The highest BCUT2D eigenvalue weighted by molar-refractivity contribution is 6.32. The molecule has 0 spiro atoms. The smallest absolute Gasteiger partial charge is 0.306 e. The molecule has 0 heterocycles. The lowest BCUT2D eigenvalue weighted by atomic mass is 10.1. The highest BCUT2D eigenvalue weighted by Gasteiger charge is 2.31. The van der Waals surface area contributed by atoms with Crippen molar-refractivity contribution in [2.45, 2.75) is 32.2 Å². The van der Waals surface area contributed by atoms with E-state index in [1.807, 2.05) is 6.92 Å². The molecule has 1 amide bonds. The van der Waals surface area contributed by atoms with Crippen LogP contribution in [-0.2, 0) is 4.79 Å². The lowest BCUT2D eigenvalue weighted by molar-refractivity contribution is -0.141. The van der Waals surface area contributed by atoms with Crippen LogP contribution in [0.5, 0.6) is 11.5 Å². The van der Waals surface area contributed by atoms with Gasteiger partial charge in [0, 0.05) is 11.6 Å². The van der Waals surface area contributed by atoms with Crippen LogP contribution in [0.2, 0.25) is 5.02 Å². The number of carboxylic acids is 1. The van der Waals surface area contributed by atoms with Crippen LogP contribution in [0.15, 0.2) is 12.1 Å². The number of amides is 1. The average molecular weight is 342 g/mol. The van der Waals surface area contributed by atoms with Gasteiger partial charge in [-0.05, 0) is 38.3 Å². The van der Waals surface area contributed by atoms with Gasteiger partial charge in [0.2, 0.25) is 0 Å². The standard InChI is InChI=1S/C16H20ClNO5/c1-3-23-14-12(17)7-10(8-13(14)22-2)15(19)18-11-5-4-9(6-11)16(20)21/h7-9,11H,3-6H2,1-2H3,(H,18,19)(H,20,21)/t9-,11+/m0/s1. The van der Waals surface area contributed by atoms with Gasteiger partial charge < -0.3 is 19.9 Å². The van der Waals surface area contributed by atoms with E-state index in [4.69, 9.17) is 26.2 Å². The van der Waals surface area contributed by atoms with Crippen LogP contribution in [0.3, 0.4) is 0 Å². The van der Waals surface area contributed by atoms with Crippen LogP contribution in [0.25, 0.3) is 0 Å². The van der Waals surface area contributed by atoms with Gasteiger partial charge in [0.25, 0.3) is 5.91 Å². The first-order valence-corrected chi connectivity index (χ1v) is 7.88. The summed E-state index contributed by atoms with van der Waals surface area (Å²) in [4.78, 5) is 23.3. The molecular weight excluding hydrogens is 322 g/mol. The number of methoxy groups -OCH3 is 1. The van der Waals surface area contributed by atoms with Gasteiger partial charge in [0.05, 0.1) is 24.7 Å². The molecule has 0 aliphatic heterocycles. The zero-order valence-corrected chi connectivity index (χ0v) is 13.9. The molecule has 1 aromatic carbocycles. The minimum atomic E-state index is -0.812. The number of carbonyl (C=O) groups excluding carboxylic acids is 1. The van der Waals surface area contributed by atoms with Crippen molar-refractivity contribution in [3.63, 3.8) is 0 Å². The molecule has 1 aromatic rings. The first-order chi connectivity index (χ1) is 11.0. The van der Waals surface area contributed by atoms with Gasteiger partial charge in [-0.25, -0.2) is 0 Å². The Morgan fingerprint density at radius 2 is 2.13 bits per heavy atom. The first kappa shape index (κ1) is 17.4. The second-order valence-corrected chi connectivity index (χ2v) is 5.85. The minimum absolute atomic E-state index is 0.139. The fraction of sp³-hybridized carbons (Fsp3) is 0.500. The van der Waals surface area contributed by atoms with E-state index in [2.05, 4.69) is 5.32 Å². The molecule has 2 rings (SSSR count). The number of ether oxygens (including phenoxy) is 2. The molecule has 1 aliphatic carbocycles. The molecular formula is C16H20ClNO5. The van der Waals surface area contributed by atoms with Gasteiger partial charge in [0.15, 0.2) is 11.5 Å². The van der Waals surface area contributed by atoms with Gasteiger partial charge >= 0.3 is 5.97 Å². The summed E-state index contributed by atoms with van der Waals surface area (Å²) in [6, 6.07) is 2.95. The number of hydrogen-bond acceptors (Lipinski definition) is 4. The van der Waals surface area contributed by atoms with E-state index in [1.54, 1.807) is 6.07 Å². The molecule has 126 valence electrons. The van der Waals surface area contributed by atoms with Crippen molar-refractivity contribution in [3.8, 4) is 11.5 Å². The average Bonchev–Trinajstić information content (AvgIpc) is 2.97. The monoisotopic (exact) mass is 341 g/mol. The maximum Gasteiger partial charge on any atom is 0.306 e. The van der Waals surface area contributed by atoms with E-state index in [9.17, 15) is 9.59 Å². The van der Waals surface area contributed by atoms with Crippen molar-refractivity contribution in [1.82, 2.24) is 5.32 Å². The lowest BCUT2D eigenvalue weighted by Crippen LogP contribution is -2.33. The fourth-order valence-corrected chi connectivity index (χ4v) is 3.01. The number of hydrogen-bond donors (Lipinski definition) is 2. The minimum Gasteiger partial charge on any atom is -0.493 e. The number of carbonyl (C=O) groups is 2. The van der Waals surface area contributed by atoms with Gasteiger partial charge in [0.1, 0.15) is 0 Å². The molecule has 0 unspecified atom stereocenters. The zero-order chi connectivity index (χ0) is 17.0. The molecule has 0 saturated heterocycles. The van der Waals surface area contributed by atoms with Gasteiger partial charge in [-0.2, -0.15) is 0 Å². The highest BCUT2D eigenvalue weighted by Crippen LogP contribution is 2.36. The Kier molecular flexibility index (Phi) is 5.71. The number of aliphatic carboxylic acids is 1. The van der Waals surface area contributed by atoms with Crippen molar-refractivity contribution in [1.29, 1.82) is 0 Å². The van der Waals surface area contributed by atoms with E-state index in [-0.39, 0.29) is 11.9 Å². The van der Waals surface area contributed by atoms with E-state index in [1.165, 1.54) is 13.2 Å². The quantitative estimate of drug-likeness (QED) is 0.831. The summed E-state index contributed by atoms with van der Waals surface area (Å²) in [5.41, 5.74) is 0.356. The van der Waals surface area contributed by atoms with Gasteiger partial charge in [-0.1, -0.05) is 11.6 Å². The molecule has 0 aromatic heterocycles. The number of rotatable bonds is 6. The van der Waals surface area contributed by atoms with E-state index in [0.29, 0.717) is 48.0 Å². The Labute approximate surface area is 139 Å². The molecule has 1 fully saturated rings. The Bertz CT molecular complexity index is 604. The summed E-state index contributed by atoms with van der Waals surface area (Å²) in [5.74, 6) is -0.713. The number of benzene rings is 1. The maximum atomic E-state index is 12.4. The molecule has 1 saturated carbocycles. The molecule has 2 N–H and O–H groups in total. The molecule has 6 nitrogen and oxygen atoms in total. The third-order valence-electron chi connectivity index (χ3n) is 3.90. The zero-order valence-electron chi connectivity index (χ0n) is 13.1. The Morgan fingerprint density at radius 1 is 1.39 bits per heavy atom. The van der Waals surface area contributed by atoms with E-state index in [0.717, 1.165) is 0 Å². The van der Waals surface area contributed by atoms with Crippen LogP contribution in [0, 0.1) is 5.92 Å². The summed E-state index contributed by atoms with van der Waals surface area (Å²) < 4.78 is 10.6. The summed E-state index contributed by atoms with van der Waals surface area (Å²) in [7, 11) is 1.48. The second kappa shape index (κ2) is 7.55. The summed E-state index contributed by atoms with van der Waals surface area (Å²) in [6.07, 6.45) is 1.68. The van der Waals surface area contributed by atoms with Crippen LogP contribution in [0.4, 0.5) is 0 Å². The van der Waals surface area contributed by atoms with Crippen LogP contribution in [-0.4, -0.2) is 36.7 Å². The molecule has 1 aliphatic rings. The molecule has 0 bridgehead atoms. The number of carboxylic acid groups (broad SMARTS) is 1. The SMILES string of the molecule is CCOc1c(Cl)cc(C(=O)N[C@@H]2CC[C@H](C(=O)O)C2)cc1OC. The fourth-order valence-electron chi connectivity index (χ4n) is 2.74. The Morgan fingerprint density at radius 3 is 2.70 bits per heavy atom. The van der Waals surface area contributed by atoms with Crippen molar-refractivity contribution < 1.29 is 24.2 Å². The van der Waals surface area contributed by atoms with Gasteiger partial charge in [-0.15, -0.1) is 0 Å².